The summed E-state index contributed by atoms with van der Waals surface area (Å²) in [5, 5.41) is 0. The number of halogens is 1. The van der Waals surface area contributed by atoms with Gasteiger partial charge in [-0.2, -0.15) is 4.58 Å². The maximum Gasteiger partial charge on any atom is 0.209 e. The van der Waals surface area contributed by atoms with Gasteiger partial charge in [-0.1, -0.05) is 56.3 Å². The van der Waals surface area contributed by atoms with Gasteiger partial charge in [0.15, 0.2) is 5.71 Å². The van der Waals surface area contributed by atoms with E-state index >= 15 is 0 Å². The maximum absolute atomic E-state index is 8.49. The number of nitrogens with zero attached hydrogens (tertiary/aromatic N) is 2. The highest BCUT2D eigenvalue weighted by Crippen LogP contribution is 2.47. The first-order chi connectivity index (χ1) is 16.7. The van der Waals surface area contributed by atoms with Gasteiger partial charge in [0.25, 0.3) is 0 Å². The molecule has 0 atom stereocenters. The molecule has 0 aromatic heterocycles. The first kappa shape index (κ1) is 27.6. The molecule has 8 heteroatoms. The summed E-state index contributed by atoms with van der Waals surface area (Å²) < 4.78 is 42.0. The molecule has 0 unspecified atom stereocenters. The van der Waals surface area contributed by atoms with Crippen LogP contribution in [0.15, 0.2) is 84.3 Å². The topological polar surface area (TPSA) is 108 Å². The van der Waals surface area contributed by atoms with Crippen molar-refractivity contribution in [3.63, 3.8) is 0 Å². The number of benzene rings is 2. The highest BCUT2D eigenvalue weighted by molar-refractivity contribution is 6.03. The molecular weight excluding hydrogens is 480 g/mol. The van der Waals surface area contributed by atoms with Gasteiger partial charge in [0.1, 0.15) is 12.8 Å². The number of allylic oxidation sites excluding steroid dienone is 5. The van der Waals surface area contributed by atoms with Crippen LogP contribution in [0.3, 0.4) is 0 Å². The van der Waals surface area contributed by atoms with Crippen LogP contribution in [0.25, 0.3) is 0 Å². The second-order valence-electron chi connectivity index (χ2n) is 9.83. The van der Waals surface area contributed by atoms with Crippen LogP contribution in [0, 0.1) is 10.2 Å². The predicted octanol–water partition coefficient (Wildman–Crippen LogP) is 1.33. The van der Waals surface area contributed by atoms with Gasteiger partial charge in [0.2, 0.25) is 5.69 Å². The van der Waals surface area contributed by atoms with Crippen LogP contribution >= 0.6 is 0 Å². The van der Waals surface area contributed by atoms with Crippen molar-refractivity contribution in [3.05, 3.63) is 95.4 Å². The van der Waals surface area contributed by atoms with E-state index in [4.69, 9.17) is 23.4 Å². The van der Waals surface area contributed by atoms with Crippen molar-refractivity contribution in [3.8, 4) is 0 Å². The minimum Gasteiger partial charge on any atom is -0.497 e. The molecule has 0 radical (unpaired) electrons. The van der Waals surface area contributed by atoms with Crippen LogP contribution in [0.1, 0.15) is 38.8 Å². The van der Waals surface area contributed by atoms with Gasteiger partial charge in [0, 0.05) is 47.6 Å². The molecule has 2 aromatic rings. The Balaban J connectivity index is 0.000000658. The number of anilines is 1. The minimum atomic E-state index is -4.94. The molecule has 192 valence electrons. The second-order valence-corrected chi connectivity index (χ2v) is 10.6. The summed E-state index contributed by atoms with van der Waals surface area (Å²) >= 11 is 0. The number of hydrogen-bond acceptors (Lipinski definition) is 6. The maximum atomic E-state index is 8.49. The third kappa shape index (κ3) is 5.56. The normalized spacial score (nSPS) is 19.4. The van der Waals surface area contributed by atoms with Gasteiger partial charge in [-0.25, -0.2) is 18.6 Å². The van der Waals surface area contributed by atoms with Crippen molar-refractivity contribution in [2.75, 3.05) is 26.1 Å². The molecule has 2 aromatic carbocycles. The number of ether oxygens (including phenoxy) is 1. The van der Waals surface area contributed by atoms with Crippen molar-refractivity contribution >= 4 is 17.1 Å². The molecule has 0 saturated carbocycles. The zero-order chi connectivity index (χ0) is 26.9. The third-order valence-corrected chi connectivity index (χ3v) is 6.91. The number of rotatable bonds is 4. The van der Waals surface area contributed by atoms with E-state index in [9.17, 15) is 0 Å². The molecule has 0 aliphatic carbocycles. The SMILES string of the molecule is COC(=CC=CC1=[N+](C)c2ccccc2C1(C)C)C=C1N(C)c2ccccc2C1(C)C.[O-][Cl+3]([O-])([O-])[O-]. The van der Waals surface area contributed by atoms with E-state index in [-0.39, 0.29) is 10.8 Å². The molecule has 4 rings (SSSR count). The Hall–Kier alpha value is -2.94. The van der Waals surface area contributed by atoms with Gasteiger partial charge >= 0.3 is 0 Å². The van der Waals surface area contributed by atoms with E-state index in [1.54, 1.807) is 7.11 Å². The molecule has 2 aliphatic rings. The monoisotopic (exact) mass is 512 g/mol. The lowest BCUT2D eigenvalue weighted by Crippen LogP contribution is -2.68. The molecule has 2 heterocycles. The van der Waals surface area contributed by atoms with E-state index in [2.05, 4.69) is 124 Å². The Kier molecular flexibility index (Phi) is 7.83. The van der Waals surface area contributed by atoms with Crippen molar-refractivity contribution in [1.29, 1.82) is 0 Å². The van der Waals surface area contributed by atoms with E-state index in [0.717, 1.165) is 5.76 Å². The highest BCUT2D eigenvalue weighted by atomic mass is 35.7. The number of fused-ring (bicyclic) bond motifs is 2. The largest absolute Gasteiger partial charge is 0.497 e. The Morgan fingerprint density at radius 2 is 1.47 bits per heavy atom. The van der Waals surface area contributed by atoms with Gasteiger partial charge in [-0.3, -0.25) is 0 Å². The predicted molar refractivity (Wildman–Crippen MR) is 131 cm³/mol. The summed E-state index contributed by atoms with van der Waals surface area (Å²) in [7, 11) is 1.06. The number of para-hydroxylation sites is 2. The average Bonchev–Trinajstić information content (AvgIpc) is 3.11. The number of likely N-dealkylation sites (N-methyl/N-ethyl adjacent to an activating group) is 1. The summed E-state index contributed by atoms with van der Waals surface area (Å²) in [4.78, 5) is 2.27. The standard InChI is InChI=1S/C28H33N2O.ClHO4/c1-27(2)21-14-8-10-16-23(21)29(5)25(27)18-12-13-20(31-7)19-26-28(3,4)22-15-9-11-17-24(22)30(26)6;2-1(3,4)5/h8-19H,1-7H3;(H,2,3,4,5)/q+1;/p-1. The fourth-order valence-corrected chi connectivity index (χ4v) is 5.10. The lowest BCUT2D eigenvalue weighted by molar-refractivity contribution is -2.00. The van der Waals surface area contributed by atoms with Crippen LogP contribution in [0.4, 0.5) is 11.4 Å². The lowest BCUT2D eigenvalue weighted by Gasteiger charge is -2.24. The van der Waals surface area contributed by atoms with Crippen molar-refractivity contribution in [1.82, 2.24) is 0 Å². The Labute approximate surface area is 215 Å². The lowest BCUT2D eigenvalue weighted by atomic mass is 9.81. The van der Waals surface area contributed by atoms with Crippen molar-refractivity contribution in [2.24, 2.45) is 0 Å². The highest BCUT2D eigenvalue weighted by Gasteiger charge is 2.42. The van der Waals surface area contributed by atoms with E-state index in [1.165, 1.54) is 33.9 Å². The average molecular weight is 513 g/mol. The molecule has 0 saturated heterocycles. The second kappa shape index (κ2) is 10.2. The van der Waals surface area contributed by atoms with Gasteiger partial charge in [-0.15, -0.1) is 10.2 Å². The Bertz CT molecular complexity index is 1250. The van der Waals surface area contributed by atoms with E-state index < -0.39 is 10.2 Å². The number of hydrogen-bond donors (Lipinski definition) is 0. The van der Waals surface area contributed by atoms with Gasteiger partial charge < -0.3 is 9.64 Å². The molecule has 0 spiro atoms. The Morgan fingerprint density at radius 1 is 0.917 bits per heavy atom. The summed E-state index contributed by atoms with van der Waals surface area (Å²) in [6.07, 6.45) is 8.52. The molecule has 0 fully saturated rings. The van der Waals surface area contributed by atoms with E-state index in [0.29, 0.717) is 0 Å². The molecule has 2 aliphatic heterocycles. The summed E-state index contributed by atoms with van der Waals surface area (Å²) in [5.74, 6) is 0.843. The molecule has 36 heavy (non-hydrogen) atoms. The van der Waals surface area contributed by atoms with Crippen LogP contribution in [0.2, 0.25) is 0 Å². The zero-order valence-electron chi connectivity index (χ0n) is 21.7. The van der Waals surface area contributed by atoms with Crippen LogP contribution < -0.4 is 23.5 Å². The first-order valence-corrected chi connectivity index (χ1v) is 12.7. The molecule has 7 nitrogen and oxygen atoms in total. The zero-order valence-corrected chi connectivity index (χ0v) is 22.5. The smallest absolute Gasteiger partial charge is 0.209 e. The third-order valence-electron chi connectivity index (χ3n) is 6.91. The van der Waals surface area contributed by atoms with Crippen LogP contribution in [-0.4, -0.2) is 31.5 Å². The van der Waals surface area contributed by atoms with Gasteiger partial charge in [0.05, 0.1) is 12.5 Å². The van der Waals surface area contributed by atoms with Crippen molar-refractivity contribution < 1.29 is 38.2 Å². The molecule has 0 bridgehead atoms. The minimum absolute atomic E-state index is 0.0311. The summed E-state index contributed by atoms with van der Waals surface area (Å²) in [6.45, 7) is 9.11. The molecule has 0 amide bonds. The quantitative estimate of drug-likeness (QED) is 0.347. The van der Waals surface area contributed by atoms with E-state index in [1.807, 2.05) is 0 Å². The van der Waals surface area contributed by atoms with Crippen LogP contribution in [-0.2, 0) is 15.6 Å². The fraction of sp³-hybridized carbons (Fsp3) is 0.321. The molecule has 0 N–H and O–H groups in total. The van der Waals surface area contributed by atoms with Crippen LogP contribution in [0.5, 0.6) is 0 Å². The summed E-state index contributed by atoms with van der Waals surface area (Å²) in [5.41, 5.74) is 7.64. The number of methoxy groups -OCH3 is 1. The molecular formula is C28H33ClN2O5. The fourth-order valence-electron chi connectivity index (χ4n) is 5.10. The Morgan fingerprint density at radius 3 is 2.03 bits per heavy atom. The first-order valence-electron chi connectivity index (χ1n) is 11.5. The summed E-state index contributed by atoms with van der Waals surface area (Å²) in [6, 6.07) is 17.2. The van der Waals surface area contributed by atoms with Gasteiger partial charge in [-0.05, 0) is 31.6 Å². The van der Waals surface area contributed by atoms with Crippen molar-refractivity contribution in [2.45, 2.75) is 38.5 Å².